The topological polar surface area (TPSA) is 106 Å². The van der Waals surface area contributed by atoms with Gasteiger partial charge in [0.15, 0.2) is 15.7 Å². The summed E-state index contributed by atoms with van der Waals surface area (Å²) in [6.45, 7) is 0. The number of carbonyl (C=O) groups is 1. The molecule has 0 bridgehead atoms. The van der Waals surface area contributed by atoms with E-state index in [9.17, 15) is 17.4 Å². The highest BCUT2D eigenvalue weighted by Crippen LogP contribution is 2.40. The second kappa shape index (κ2) is 9.53. The Morgan fingerprint density at radius 3 is 2.50 bits per heavy atom. The van der Waals surface area contributed by atoms with Crippen molar-refractivity contribution >= 4 is 44.0 Å². The molecule has 2 unspecified atom stereocenters. The van der Waals surface area contributed by atoms with Gasteiger partial charge in [-0.2, -0.15) is 0 Å². The van der Waals surface area contributed by atoms with Gasteiger partial charge >= 0.3 is 0 Å². The quantitative estimate of drug-likeness (QED) is 0.664. The molecule has 2 aromatic rings. The third-order valence-electron chi connectivity index (χ3n) is 5.35. The maximum atomic E-state index is 12.7. The molecule has 0 aliphatic heterocycles. The van der Waals surface area contributed by atoms with Crippen LogP contribution in [0.1, 0.15) is 43.6 Å². The minimum absolute atomic E-state index is 0.0750. The molecule has 1 amide bonds. The molecule has 1 fully saturated rings. The third kappa shape index (κ3) is 5.65. The monoisotopic (exact) mass is 469 g/mol. The van der Waals surface area contributed by atoms with Crippen LogP contribution in [0.25, 0.3) is 0 Å². The number of hydrogen-bond donors (Lipinski definition) is 1. The van der Waals surface area contributed by atoms with Crippen molar-refractivity contribution in [1.82, 2.24) is 9.97 Å². The minimum Gasteiger partial charge on any atom is -0.309 e. The molecule has 1 heterocycles. The van der Waals surface area contributed by atoms with Gasteiger partial charge in [0, 0.05) is 18.9 Å². The molecule has 30 heavy (non-hydrogen) atoms. The van der Waals surface area contributed by atoms with E-state index in [4.69, 9.17) is 11.6 Å². The maximum Gasteiger partial charge on any atom is 0.226 e. The summed E-state index contributed by atoms with van der Waals surface area (Å²) in [4.78, 5) is 20.9. The molecule has 3 rings (SSSR count). The van der Waals surface area contributed by atoms with Gasteiger partial charge in [0.25, 0.3) is 0 Å². The van der Waals surface area contributed by atoms with Crippen molar-refractivity contribution in [2.75, 3.05) is 17.8 Å². The Bertz CT molecular complexity index is 1050. The summed E-state index contributed by atoms with van der Waals surface area (Å²) in [6, 6.07) is 4.94. The average molecular weight is 470 g/mol. The van der Waals surface area contributed by atoms with Crippen LogP contribution in [0.5, 0.6) is 0 Å². The Morgan fingerprint density at radius 1 is 1.27 bits per heavy atom. The minimum atomic E-state index is -3.42. The number of benzene rings is 1. The number of hydrogen-bond acceptors (Lipinski definition) is 6. The Morgan fingerprint density at radius 2 is 1.97 bits per heavy atom. The Labute approximate surface area is 184 Å². The van der Waals surface area contributed by atoms with Crippen molar-refractivity contribution in [1.29, 1.82) is 0 Å². The number of aromatic nitrogens is 2. The van der Waals surface area contributed by atoms with Crippen molar-refractivity contribution in [3.05, 3.63) is 41.2 Å². The van der Waals surface area contributed by atoms with Crippen LogP contribution in [0, 0.1) is 5.92 Å². The summed E-state index contributed by atoms with van der Waals surface area (Å²) in [6.07, 6.45) is 9.87. The molecule has 0 spiro atoms. The van der Waals surface area contributed by atoms with E-state index in [0.717, 1.165) is 37.5 Å². The van der Waals surface area contributed by atoms with Crippen LogP contribution in [0.3, 0.4) is 0 Å². The highest BCUT2D eigenvalue weighted by atomic mass is 35.5. The Balaban J connectivity index is 1.80. The zero-order valence-corrected chi connectivity index (χ0v) is 19.2. The van der Waals surface area contributed by atoms with Gasteiger partial charge in [0.2, 0.25) is 5.91 Å². The van der Waals surface area contributed by atoms with E-state index in [-0.39, 0.29) is 28.2 Å². The molecule has 1 aliphatic carbocycles. The van der Waals surface area contributed by atoms with Crippen LogP contribution in [0.2, 0.25) is 5.02 Å². The van der Waals surface area contributed by atoms with Crippen molar-refractivity contribution < 1.29 is 17.4 Å². The van der Waals surface area contributed by atoms with Crippen LogP contribution in [0.15, 0.2) is 40.5 Å². The lowest BCUT2D eigenvalue weighted by Crippen LogP contribution is -2.20. The van der Waals surface area contributed by atoms with Crippen LogP contribution < -0.4 is 5.32 Å². The van der Waals surface area contributed by atoms with Gasteiger partial charge in [0.05, 0.1) is 33.1 Å². The van der Waals surface area contributed by atoms with Crippen LogP contribution >= 0.6 is 11.6 Å². The summed E-state index contributed by atoms with van der Waals surface area (Å²) in [7, 11) is -4.65. The van der Waals surface area contributed by atoms with Crippen LogP contribution in [-0.2, 0) is 25.4 Å². The van der Waals surface area contributed by atoms with Crippen molar-refractivity contribution in [2.45, 2.75) is 47.9 Å². The third-order valence-corrected chi connectivity index (χ3v) is 7.73. The van der Waals surface area contributed by atoms with Gasteiger partial charge in [-0.05, 0) is 42.4 Å². The molecule has 0 radical (unpaired) electrons. The molecule has 1 N–H and O–H groups in total. The van der Waals surface area contributed by atoms with Crippen molar-refractivity contribution in [3.63, 3.8) is 0 Å². The largest absolute Gasteiger partial charge is 0.309 e. The Hall–Kier alpha value is -1.84. The van der Waals surface area contributed by atoms with Crippen molar-refractivity contribution in [3.8, 4) is 0 Å². The molecular weight excluding hydrogens is 446 g/mol. The standard InChI is InChI=1S/C20H24ClN3O4S2/c1-29(26)20-12-22-18(11-23-20)24-19(25)10-15(13-5-3-4-6-13)14-7-8-17(16(21)9-14)30(2,27)28/h7-9,11-13,15H,3-6,10H2,1-2H3,(H,22,24,25). The first-order valence-corrected chi connectivity index (χ1v) is 13.4. The molecule has 2 atom stereocenters. The first-order chi connectivity index (χ1) is 14.1. The van der Waals surface area contributed by atoms with Gasteiger partial charge in [0.1, 0.15) is 5.03 Å². The number of sulfone groups is 1. The van der Waals surface area contributed by atoms with E-state index in [0.29, 0.717) is 16.8 Å². The molecule has 1 aliphatic rings. The van der Waals surface area contributed by atoms with Gasteiger partial charge in [-0.1, -0.05) is 30.5 Å². The molecular formula is C20H24ClN3O4S2. The fourth-order valence-corrected chi connectivity index (χ4v) is 5.63. The molecule has 1 aromatic heterocycles. The number of rotatable bonds is 7. The smallest absolute Gasteiger partial charge is 0.226 e. The lowest BCUT2D eigenvalue weighted by Gasteiger charge is -2.24. The number of anilines is 1. The lowest BCUT2D eigenvalue weighted by atomic mass is 9.82. The van der Waals surface area contributed by atoms with Crippen LogP contribution in [-0.4, -0.2) is 41.0 Å². The second-order valence-corrected chi connectivity index (χ2v) is 11.3. The molecule has 7 nitrogen and oxygen atoms in total. The number of halogens is 1. The van der Waals surface area contributed by atoms with Crippen LogP contribution in [0.4, 0.5) is 5.82 Å². The molecule has 0 saturated heterocycles. The number of nitrogens with zero attached hydrogens (tertiary/aromatic N) is 2. The summed E-state index contributed by atoms with van der Waals surface area (Å²) >= 11 is 6.25. The fraction of sp³-hybridized carbons (Fsp3) is 0.450. The molecule has 1 aromatic carbocycles. The lowest BCUT2D eigenvalue weighted by molar-refractivity contribution is -0.116. The summed E-state index contributed by atoms with van der Waals surface area (Å²) in [5.74, 6) is 0.334. The fourth-order valence-electron chi connectivity index (χ4n) is 3.89. The maximum absolute atomic E-state index is 12.7. The summed E-state index contributed by atoms with van der Waals surface area (Å²) in [5, 5.41) is 3.26. The second-order valence-electron chi connectivity index (χ2n) is 7.56. The average Bonchev–Trinajstić information content (AvgIpc) is 3.20. The first-order valence-electron chi connectivity index (χ1n) is 9.60. The number of carbonyl (C=O) groups excluding carboxylic acids is 1. The van der Waals surface area contributed by atoms with Gasteiger partial charge in [-0.25, -0.2) is 18.4 Å². The summed E-state index contributed by atoms with van der Waals surface area (Å²) in [5.41, 5.74) is 0.859. The highest BCUT2D eigenvalue weighted by molar-refractivity contribution is 7.90. The van der Waals surface area contributed by atoms with E-state index in [2.05, 4.69) is 15.3 Å². The van der Waals surface area contributed by atoms with Gasteiger partial charge < -0.3 is 5.32 Å². The first kappa shape index (κ1) is 22.8. The van der Waals surface area contributed by atoms with E-state index in [1.54, 1.807) is 12.1 Å². The van der Waals surface area contributed by atoms with E-state index >= 15 is 0 Å². The Kier molecular flexibility index (Phi) is 7.26. The normalized spacial score (nSPS) is 16.9. The molecule has 1 saturated carbocycles. The zero-order valence-electron chi connectivity index (χ0n) is 16.8. The van der Waals surface area contributed by atoms with E-state index in [1.165, 1.54) is 24.7 Å². The van der Waals surface area contributed by atoms with Gasteiger partial charge in [-0.3, -0.25) is 9.00 Å². The highest BCUT2D eigenvalue weighted by Gasteiger charge is 2.29. The van der Waals surface area contributed by atoms with E-state index in [1.807, 2.05) is 0 Å². The predicted molar refractivity (Wildman–Crippen MR) is 117 cm³/mol. The molecule has 162 valence electrons. The number of amides is 1. The SMILES string of the molecule is CS(=O)c1cnc(NC(=O)CC(c2ccc(S(C)(=O)=O)c(Cl)c2)C2CCCC2)cn1. The van der Waals surface area contributed by atoms with Gasteiger partial charge in [-0.15, -0.1) is 0 Å². The van der Waals surface area contributed by atoms with Crippen molar-refractivity contribution in [2.24, 2.45) is 5.92 Å². The van der Waals surface area contributed by atoms with E-state index < -0.39 is 20.6 Å². The zero-order chi connectivity index (χ0) is 21.9. The summed E-state index contributed by atoms with van der Waals surface area (Å²) < 4.78 is 35.1. The predicted octanol–water partition coefficient (Wildman–Crippen LogP) is 3.57. The molecule has 10 heteroatoms. The number of nitrogens with one attached hydrogen (secondary N) is 1.